The number of hydrogen-bond acceptors (Lipinski definition) is 4. The van der Waals surface area contributed by atoms with Crippen molar-refractivity contribution in [3.63, 3.8) is 0 Å². The Morgan fingerprint density at radius 1 is 1.39 bits per heavy atom. The van der Waals surface area contributed by atoms with Crippen LogP contribution < -0.4 is 5.32 Å². The minimum Gasteiger partial charge on any atom is -0.342 e. The molecule has 0 spiro atoms. The maximum absolute atomic E-state index is 12.0. The Morgan fingerprint density at radius 2 is 1.94 bits per heavy atom. The van der Waals surface area contributed by atoms with Crippen LogP contribution >= 0.6 is 0 Å². The summed E-state index contributed by atoms with van der Waals surface area (Å²) in [6, 6.07) is 0. The maximum Gasteiger partial charge on any atom is 0.237 e. The van der Waals surface area contributed by atoms with E-state index in [9.17, 15) is 13.2 Å². The normalized spacial score (nSPS) is 13.1. The molecule has 0 bridgehead atoms. The zero-order valence-electron chi connectivity index (χ0n) is 11.5. The van der Waals surface area contributed by atoms with Gasteiger partial charge in [0.25, 0.3) is 0 Å². The number of carbonyl (C=O) groups excluding carboxylic acids is 1. The van der Waals surface area contributed by atoms with Crippen molar-refractivity contribution in [3.8, 4) is 0 Å². The molecule has 1 amide bonds. The van der Waals surface area contributed by atoms with Crippen LogP contribution in [0.25, 0.3) is 0 Å². The van der Waals surface area contributed by atoms with Crippen molar-refractivity contribution in [2.24, 2.45) is 0 Å². The minimum absolute atomic E-state index is 0.324. The molecule has 0 saturated carbocycles. The summed E-state index contributed by atoms with van der Waals surface area (Å²) in [5, 5.41) is 2.38. The third-order valence-corrected chi connectivity index (χ3v) is 4.82. The second-order valence-corrected chi connectivity index (χ2v) is 6.55. The van der Waals surface area contributed by atoms with Crippen LogP contribution in [0, 0.1) is 0 Å². The molecule has 0 heterocycles. The monoisotopic (exact) mass is 276 g/mol. The fourth-order valence-corrected chi connectivity index (χ4v) is 2.68. The van der Waals surface area contributed by atoms with Gasteiger partial charge in [0, 0.05) is 26.2 Å². The van der Waals surface area contributed by atoms with Gasteiger partial charge in [-0.25, -0.2) is 8.42 Å². The van der Waals surface area contributed by atoms with Crippen molar-refractivity contribution in [1.82, 2.24) is 10.2 Å². The van der Waals surface area contributed by atoms with E-state index in [2.05, 4.69) is 11.9 Å². The third kappa shape index (κ3) is 5.64. The lowest BCUT2D eigenvalue weighted by Gasteiger charge is -2.20. The summed E-state index contributed by atoms with van der Waals surface area (Å²) in [5.41, 5.74) is 0. The molecule has 0 saturated heterocycles. The largest absolute Gasteiger partial charge is 0.342 e. The Balaban J connectivity index is 4.45. The summed E-state index contributed by atoms with van der Waals surface area (Å²) in [4.78, 5) is 13.3. The fourth-order valence-electron chi connectivity index (χ4n) is 1.50. The highest BCUT2D eigenvalue weighted by Gasteiger charge is 2.25. The second kappa shape index (κ2) is 8.26. The van der Waals surface area contributed by atoms with Crippen LogP contribution in [0.4, 0.5) is 0 Å². The number of hydrogen-bond donors (Lipinski definition) is 1. The van der Waals surface area contributed by atoms with E-state index in [1.54, 1.807) is 13.0 Å². The highest BCUT2D eigenvalue weighted by Crippen LogP contribution is 2.03. The van der Waals surface area contributed by atoms with E-state index < -0.39 is 20.8 Å². The molecule has 0 aromatic heterocycles. The molecule has 0 rings (SSSR count). The van der Waals surface area contributed by atoms with E-state index in [4.69, 9.17) is 0 Å². The first-order valence-electron chi connectivity index (χ1n) is 6.19. The molecular formula is C12H24N2O3S. The minimum atomic E-state index is -3.39. The van der Waals surface area contributed by atoms with Crippen molar-refractivity contribution in [3.05, 3.63) is 12.7 Å². The molecule has 0 aliphatic rings. The van der Waals surface area contributed by atoms with Crippen LogP contribution in [0.2, 0.25) is 0 Å². The average molecular weight is 276 g/mol. The predicted molar refractivity (Wildman–Crippen MR) is 74.2 cm³/mol. The maximum atomic E-state index is 12.0. The van der Waals surface area contributed by atoms with Gasteiger partial charge in [-0.05, 0) is 20.8 Å². The number of amides is 1. The molecule has 1 atom stereocenters. The molecule has 1 unspecified atom stereocenters. The van der Waals surface area contributed by atoms with E-state index in [0.29, 0.717) is 26.2 Å². The van der Waals surface area contributed by atoms with Gasteiger partial charge < -0.3 is 10.2 Å². The zero-order valence-corrected chi connectivity index (χ0v) is 12.3. The number of carbonyl (C=O) groups is 1. The first-order valence-corrected chi connectivity index (χ1v) is 7.91. The van der Waals surface area contributed by atoms with Gasteiger partial charge in [0.1, 0.15) is 5.75 Å². The molecule has 1 N–H and O–H groups in total. The highest BCUT2D eigenvalue weighted by molar-refractivity contribution is 7.92. The number of rotatable bonds is 9. The highest BCUT2D eigenvalue weighted by atomic mass is 32.2. The summed E-state index contributed by atoms with van der Waals surface area (Å²) in [5.74, 6) is -0.735. The van der Waals surface area contributed by atoms with Crippen molar-refractivity contribution < 1.29 is 13.2 Å². The van der Waals surface area contributed by atoms with Crippen LogP contribution in [-0.2, 0) is 14.6 Å². The first-order chi connectivity index (χ1) is 8.38. The Bertz CT molecular complexity index is 362. The van der Waals surface area contributed by atoms with Crippen LogP contribution in [0.5, 0.6) is 0 Å². The van der Waals surface area contributed by atoms with Gasteiger partial charge >= 0.3 is 0 Å². The molecule has 0 aromatic rings. The molecule has 106 valence electrons. The summed E-state index contributed by atoms with van der Waals surface area (Å²) in [7, 11) is -3.39. The SMILES string of the molecule is C=CCNCC(C)S(=O)(=O)CC(=O)N(CC)CC. The van der Waals surface area contributed by atoms with E-state index >= 15 is 0 Å². The average Bonchev–Trinajstić information content (AvgIpc) is 2.30. The Labute approximate surface area is 110 Å². The lowest BCUT2D eigenvalue weighted by molar-refractivity contribution is -0.128. The molecular weight excluding hydrogens is 252 g/mol. The van der Waals surface area contributed by atoms with E-state index in [0.717, 1.165) is 0 Å². The molecule has 5 nitrogen and oxygen atoms in total. The van der Waals surface area contributed by atoms with Gasteiger partial charge in [-0.15, -0.1) is 6.58 Å². The van der Waals surface area contributed by atoms with Crippen LogP contribution in [-0.4, -0.2) is 56.4 Å². The molecule has 0 aliphatic heterocycles. The number of nitrogens with one attached hydrogen (secondary N) is 1. The fraction of sp³-hybridized carbons (Fsp3) is 0.750. The molecule has 0 aliphatic carbocycles. The summed E-state index contributed by atoms with van der Waals surface area (Å²) < 4.78 is 23.9. The smallest absolute Gasteiger partial charge is 0.237 e. The Morgan fingerprint density at radius 3 is 2.39 bits per heavy atom. The number of nitrogens with zero attached hydrogens (tertiary/aromatic N) is 1. The van der Waals surface area contributed by atoms with Gasteiger partial charge in [-0.3, -0.25) is 4.79 Å². The van der Waals surface area contributed by atoms with Crippen LogP contribution in [0.3, 0.4) is 0 Å². The van der Waals surface area contributed by atoms with E-state index in [1.807, 2.05) is 13.8 Å². The first kappa shape index (κ1) is 17.1. The zero-order chi connectivity index (χ0) is 14.2. The summed E-state index contributed by atoms with van der Waals surface area (Å²) >= 11 is 0. The van der Waals surface area contributed by atoms with Crippen LogP contribution in [0.1, 0.15) is 20.8 Å². The molecule has 0 fully saturated rings. The van der Waals surface area contributed by atoms with E-state index in [-0.39, 0.29) is 5.91 Å². The van der Waals surface area contributed by atoms with Crippen molar-refractivity contribution in [1.29, 1.82) is 0 Å². The van der Waals surface area contributed by atoms with Crippen molar-refractivity contribution in [2.45, 2.75) is 26.0 Å². The van der Waals surface area contributed by atoms with Gasteiger partial charge in [-0.1, -0.05) is 6.08 Å². The van der Waals surface area contributed by atoms with Crippen molar-refractivity contribution >= 4 is 15.7 Å². The summed E-state index contributed by atoms with van der Waals surface area (Å²) in [6.07, 6.45) is 1.67. The quantitative estimate of drug-likeness (QED) is 0.490. The standard InChI is InChI=1S/C12H24N2O3S/c1-5-8-13-9-11(4)18(16,17)10-12(15)14(6-2)7-3/h5,11,13H,1,6-10H2,2-4H3. The Hall–Kier alpha value is -0.880. The van der Waals surface area contributed by atoms with Gasteiger partial charge in [0.05, 0.1) is 5.25 Å². The van der Waals surface area contributed by atoms with Crippen LogP contribution in [0.15, 0.2) is 12.7 Å². The molecule has 0 radical (unpaired) electrons. The lowest BCUT2D eigenvalue weighted by Crippen LogP contribution is -2.40. The van der Waals surface area contributed by atoms with E-state index in [1.165, 1.54) is 4.90 Å². The summed E-state index contributed by atoms with van der Waals surface area (Å²) in [6.45, 7) is 10.8. The Kier molecular flexibility index (Phi) is 7.86. The molecule has 0 aromatic carbocycles. The third-order valence-electron chi connectivity index (χ3n) is 2.77. The van der Waals surface area contributed by atoms with Gasteiger partial charge in [0.15, 0.2) is 9.84 Å². The predicted octanol–water partition coefficient (Wildman–Crippen LogP) is 0.434. The molecule has 18 heavy (non-hydrogen) atoms. The van der Waals surface area contributed by atoms with Crippen molar-refractivity contribution in [2.75, 3.05) is 31.9 Å². The number of sulfone groups is 1. The van der Waals surface area contributed by atoms with Gasteiger partial charge in [0.2, 0.25) is 5.91 Å². The molecule has 6 heteroatoms. The lowest BCUT2D eigenvalue weighted by atomic mass is 10.4. The van der Waals surface area contributed by atoms with Gasteiger partial charge in [-0.2, -0.15) is 0 Å². The second-order valence-electron chi connectivity index (χ2n) is 4.13. The topological polar surface area (TPSA) is 66.5 Å².